The summed E-state index contributed by atoms with van der Waals surface area (Å²) >= 11 is 0. The van der Waals surface area contributed by atoms with Crippen LogP contribution in [0.5, 0.6) is 0 Å². The molecule has 0 saturated carbocycles. The Hall–Kier alpha value is -1.73. The van der Waals surface area contributed by atoms with Gasteiger partial charge in [-0.1, -0.05) is 0 Å². The van der Waals surface area contributed by atoms with Crippen LogP contribution in [0.2, 0.25) is 0 Å². The number of aromatic nitrogens is 2. The highest BCUT2D eigenvalue weighted by molar-refractivity contribution is 5.94. The van der Waals surface area contributed by atoms with Gasteiger partial charge in [-0.25, -0.2) is 9.80 Å². The van der Waals surface area contributed by atoms with Crippen molar-refractivity contribution in [1.29, 1.82) is 0 Å². The fourth-order valence-electron chi connectivity index (χ4n) is 2.02. The van der Waals surface area contributed by atoms with Crippen LogP contribution < -0.4 is 5.43 Å². The van der Waals surface area contributed by atoms with Gasteiger partial charge in [0.25, 0.3) is 0 Å². The van der Waals surface area contributed by atoms with Gasteiger partial charge in [0.05, 0.1) is 5.69 Å². The first-order chi connectivity index (χ1) is 8.99. The van der Waals surface area contributed by atoms with Crippen molar-refractivity contribution in [2.24, 2.45) is 0 Å². The summed E-state index contributed by atoms with van der Waals surface area (Å²) < 4.78 is 0. The minimum absolute atomic E-state index is 0.200. The number of rotatable bonds is 3. The normalized spacial score (nSPS) is 17.4. The molecule has 0 aromatic carbocycles. The molecule has 104 valence electrons. The summed E-state index contributed by atoms with van der Waals surface area (Å²) in [5, 5.41) is 19.3. The SMILES string of the molecule is Cc1nnc(NN2CCN(C)CC2)c(C(=O)O)c1C. The first kappa shape index (κ1) is 13.7. The summed E-state index contributed by atoms with van der Waals surface area (Å²) in [6.45, 7) is 7.03. The van der Waals surface area contributed by atoms with Crippen molar-refractivity contribution >= 4 is 11.8 Å². The zero-order valence-electron chi connectivity index (χ0n) is 11.5. The van der Waals surface area contributed by atoms with E-state index in [-0.39, 0.29) is 5.56 Å². The molecule has 7 nitrogen and oxygen atoms in total. The molecule has 1 aliphatic rings. The van der Waals surface area contributed by atoms with Crippen LogP contribution in [-0.4, -0.2) is 64.4 Å². The summed E-state index contributed by atoms with van der Waals surface area (Å²) in [6, 6.07) is 0. The fourth-order valence-corrected chi connectivity index (χ4v) is 2.02. The van der Waals surface area contributed by atoms with Gasteiger partial charge in [-0.3, -0.25) is 0 Å². The summed E-state index contributed by atoms with van der Waals surface area (Å²) in [5.74, 6) is -0.660. The summed E-state index contributed by atoms with van der Waals surface area (Å²) in [6.07, 6.45) is 0. The largest absolute Gasteiger partial charge is 0.478 e. The Bertz CT molecular complexity index is 483. The van der Waals surface area contributed by atoms with E-state index in [1.165, 1.54) is 0 Å². The summed E-state index contributed by atoms with van der Waals surface area (Å²) in [7, 11) is 2.07. The van der Waals surface area contributed by atoms with Gasteiger partial charge in [0, 0.05) is 26.2 Å². The predicted octanol–water partition coefficient (Wildman–Crippen LogP) is 0.366. The Morgan fingerprint density at radius 2 is 1.84 bits per heavy atom. The van der Waals surface area contributed by atoms with E-state index in [9.17, 15) is 9.90 Å². The number of hydrogen-bond donors (Lipinski definition) is 2. The standard InChI is InChI=1S/C12H19N5O2/c1-8-9(2)13-14-11(10(8)12(18)19)15-17-6-4-16(3)5-7-17/h4-7H2,1-3H3,(H,14,15)(H,18,19). The lowest BCUT2D eigenvalue weighted by Gasteiger charge is -2.32. The number of carboxylic acids is 1. The minimum Gasteiger partial charge on any atom is -0.478 e. The van der Waals surface area contributed by atoms with Gasteiger partial charge >= 0.3 is 5.97 Å². The molecule has 19 heavy (non-hydrogen) atoms. The molecule has 1 saturated heterocycles. The second-order valence-electron chi connectivity index (χ2n) is 4.84. The molecule has 0 aliphatic carbocycles. The molecule has 0 amide bonds. The van der Waals surface area contributed by atoms with Crippen molar-refractivity contribution in [2.45, 2.75) is 13.8 Å². The molecular weight excluding hydrogens is 246 g/mol. The maximum absolute atomic E-state index is 11.4. The van der Waals surface area contributed by atoms with E-state index < -0.39 is 5.97 Å². The highest BCUT2D eigenvalue weighted by Gasteiger charge is 2.21. The molecule has 1 aromatic rings. The Morgan fingerprint density at radius 1 is 1.21 bits per heavy atom. The number of carbonyl (C=O) groups is 1. The van der Waals surface area contributed by atoms with Gasteiger partial charge in [0.1, 0.15) is 5.56 Å². The molecule has 0 bridgehead atoms. The van der Waals surface area contributed by atoms with Crippen molar-refractivity contribution < 1.29 is 9.90 Å². The number of hydrogen-bond acceptors (Lipinski definition) is 6. The third-order valence-corrected chi connectivity index (χ3v) is 3.44. The fraction of sp³-hybridized carbons (Fsp3) is 0.583. The number of aromatic carboxylic acids is 1. The number of aryl methyl sites for hydroxylation is 1. The lowest BCUT2D eigenvalue weighted by molar-refractivity contribution is 0.0695. The van der Waals surface area contributed by atoms with Gasteiger partial charge in [-0.15, -0.1) is 5.10 Å². The second-order valence-corrected chi connectivity index (χ2v) is 4.84. The lowest BCUT2D eigenvalue weighted by Crippen LogP contribution is -2.47. The number of carboxylic acid groups (broad SMARTS) is 1. The van der Waals surface area contributed by atoms with Crippen LogP contribution in [0.15, 0.2) is 0 Å². The maximum Gasteiger partial charge on any atom is 0.339 e. The number of likely N-dealkylation sites (N-methyl/N-ethyl adjacent to an activating group) is 1. The average molecular weight is 265 g/mol. The Morgan fingerprint density at radius 3 is 2.42 bits per heavy atom. The van der Waals surface area contributed by atoms with Gasteiger partial charge in [0.2, 0.25) is 0 Å². The maximum atomic E-state index is 11.4. The number of nitrogens with zero attached hydrogens (tertiary/aromatic N) is 4. The number of hydrazine groups is 1. The number of nitrogens with one attached hydrogen (secondary N) is 1. The van der Waals surface area contributed by atoms with E-state index in [1.54, 1.807) is 13.8 Å². The van der Waals surface area contributed by atoms with Crippen molar-refractivity contribution in [3.8, 4) is 0 Å². The zero-order chi connectivity index (χ0) is 14.0. The third kappa shape index (κ3) is 2.99. The van der Waals surface area contributed by atoms with Crippen molar-refractivity contribution in [3.63, 3.8) is 0 Å². The lowest BCUT2D eigenvalue weighted by atomic mass is 10.1. The van der Waals surface area contributed by atoms with Crippen LogP contribution in [0.3, 0.4) is 0 Å². The quantitative estimate of drug-likeness (QED) is 0.817. The van der Waals surface area contributed by atoms with Crippen LogP contribution in [0.4, 0.5) is 5.82 Å². The van der Waals surface area contributed by atoms with Crippen LogP contribution in [-0.2, 0) is 0 Å². The van der Waals surface area contributed by atoms with E-state index >= 15 is 0 Å². The molecule has 0 spiro atoms. The zero-order valence-corrected chi connectivity index (χ0v) is 11.5. The Balaban J connectivity index is 2.20. The molecule has 1 fully saturated rings. The van der Waals surface area contributed by atoms with Gasteiger partial charge in [-0.2, -0.15) is 5.10 Å². The summed E-state index contributed by atoms with van der Waals surface area (Å²) in [4.78, 5) is 13.6. The van der Waals surface area contributed by atoms with E-state index in [4.69, 9.17) is 0 Å². The predicted molar refractivity (Wildman–Crippen MR) is 71.2 cm³/mol. The third-order valence-electron chi connectivity index (χ3n) is 3.44. The molecule has 0 radical (unpaired) electrons. The molecule has 0 unspecified atom stereocenters. The highest BCUT2D eigenvalue weighted by atomic mass is 16.4. The minimum atomic E-state index is -0.980. The molecule has 7 heteroatoms. The average Bonchev–Trinajstić information content (AvgIpc) is 2.36. The smallest absolute Gasteiger partial charge is 0.339 e. The van der Waals surface area contributed by atoms with Gasteiger partial charge in [0.15, 0.2) is 5.82 Å². The summed E-state index contributed by atoms with van der Waals surface area (Å²) in [5.41, 5.74) is 4.56. The topological polar surface area (TPSA) is 81.6 Å². The van der Waals surface area contributed by atoms with Crippen LogP contribution in [0.25, 0.3) is 0 Å². The van der Waals surface area contributed by atoms with Gasteiger partial charge in [-0.05, 0) is 26.5 Å². The molecule has 2 rings (SSSR count). The molecular formula is C12H19N5O2. The Labute approximate surface area is 112 Å². The van der Waals surface area contributed by atoms with Crippen molar-refractivity contribution in [2.75, 3.05) is 38.7 Å². The van der Waals surface area contributed by atoms with Crippen LogP contribution in [0, 0.1) is 13.8 Å². The molecule has 2 N–H and O–H groups in total. The van der Waals surface area contributed by atoms with E-state index in [0.717, 1.165) is 26.2 Å². The molecule has 1 aromatic heterocycles. The Kier molecular flexibility index (Phi) is 3.96. The molecule has 1 aliphatic heterocycles. The first-order valence-corrected chi connectivity index (χ1v) is 6.26. The monoisotopic (exact) mass is 265 g/mol. The highest BCUT2D eigenvalue weighted by Crippen LogP contribution is 2.19. The van der Waals surface area contributed by atoms with Crippen LogP contribution in [0.1, 0.15) is 21.6 Å². The van der Waals surface area contributed by atoms with E-state index in [1.807, 2.05) is 5.01 Å². The van der Waals surface area contributed by atoms with Crippen LogP contribution >= 0.6 is 0 Å². The van der Waals surface area contributed by atoms with Crippen molar-refractivity contribution in [3.05, 3.63) is 16.8 Å². The van der Waals surface area contributed by atoms with E-state index in [2.05, 4.69) is 27.6 Å². The number of piperazine rings is 1. The number of anilines is 1. The molecule has 2 heterocycles. The van der Waals surface area contributed by atoms with Gasteiger partial charge < -0.3 is 15.4 Å². The van der Waals surface area contributed by atoms with Crippen molar-refractivity contribution in [1.82, 2.24) is 20.1 Å². The van der Waals surface area contributed by atoms with E-state index in [0.29, 0.717) is 17.1 Å². The molecule has 0 atom stereocenters. The first-order valence-electron chi connectivity index (χ1n) is 6.26. The second kappa shape index (κ2) is 5.50.